The van der Waals surface area contributed by atoms with Gasteiger partial charge in [0, 0.05) is 5.56 Å². The van der Waals surface area contributed by atoms with Crippen LogP contribution in [0, 0.1) is 13.8 Å². The molecule has 0 amide bonds. The van der Waals surface area contributed by atoms with Gasteiger partial charge < -0.3 is 18.7 Å². The van der Waals surface area contributed by atoms with Gasteiger partial charge in [0.15, 0.2) is 17.2 Å². The molecule has 0 saturated heterocycles. The molecule has 4 aromatic rings. The van der Waals surface area contributed by atoms with Crippen molar-refractivity contribution in [1.82, 2.24) is 25.1 Å². The van der Waals surface area contributed by atoms with Crippen LogP contribution >= 0.6 is 0 Å². The molecule has 1 aliphatic heterocycles. The van der Waals surface area contributed by atoms with E-state index in [0.717, 1.165) is 16.8 Å². The highest BCUT2D eigenvalue weighted by atomic mass is 16.5. The van der Waals surface area contributed by atoms with Crippen molar-refractivity contribution in [1.29, 1.82) is 0 Å². The second kappa shape index (κ2) is 8.08. The van der Waals surface area contributed by atoms with Crippen molar-refractivity contribution in [2.45, 2.75) is 33.1 Å². The number of fused-ring (bicyclic) bond motifs is 1. The van der Waals surface area contributed by atoms with E-state index in [1.54, 1.807) is 26.4 Å². The Hall–Kier alpha value is -3.72. The summed E-state index contributed by atoms with van der Waals surface area (Å²) >= 11 is 0. The highest BCUT2D eigenvalue weighted by Gasteiger charge is 2.28. The number of aryl methyl sites for hydroxylation is 2. The van der Waals surface area contributed by atoms with Crippen LogP contribution in [0.15, 0.2) is 40.9 Å². The highest BCUT2D eigenvalue weighted by Crippen LogP contribution is 2.34. The van der Waals surface area contributed by atoms with Gasteiger partial charge in [-0.3, -0.25) is 0 Å². The van der Waals surface area contributed by atoms with Crippen LogP contribution in [-0.2, 0) is 17.9 Å². The van der Waals surface area contributed by atoms with Crippen LogP contribution in [0.5, 0.6) is 11.5 Å². The molecule has 5 rings (SSSR count). The minimum absolute atomic E-state index is 0.0809. The SMILES string of the molecule is COc1ccc(-c2noc(-c3nnn4c3CO[C@H](c3ccc(C)cc3C)C4)n2)cc1OC. The Labute approximate surface area is 184 Å². The fourth-order valence-electron chi connectivity index (χ4n) is 3.96. The quantitative estimate of drug-likeness (QED) is 0.467. The Morgan fingerprint density at radius 3 is 2.66 bits per heavy atom. The van der Waals surface area contributed by atoms with Crippen LogP contribution in [0.2, 0.25) is 0 Å². The normalized spacial score (nSPS) is 15.4. The van der Waals surface area contributed by atoms with Gasteiger partial charge in [0.1, 0.15) is 6.10 Å². The van der Waals surface area contributed by atoms with E-state index in [-0.39, 0.29) is 6.10 Å². The second-order valence-corrected chi connectivity index (χ2v) is 7.72. The van der Waals surface area contributed by atoms with Crippen molar-refractivity contribution < 1.29 is 18.7 Å². The number of ether oxygens (including phenoxy) is 3. The van der Waals surface area contributed by atoms with Crippen molar-refractivity contribution in [2.24, 2.45) is 0 Å². The summed E-state index contributed by atoms with van der Waals surface area (Å²) in [6, 6.07) is 11.8. The predicted octanol–water partition coefficient (Wildman–Crippen LogP) is 3.90. The number of rotatable bonds is 5. The minimum atomic E-state index is -0.0809. The smallest absolute Gasteiger partial charge is 0.280 e. The summed E-state index contributed by atoms with van der Waals surface area (Å²) in [4.78, 5) is 4.52. The Bertz CT molecular complexity index is 1280. The van der Waals surface area contributed by atoms with Crippen LogP contribution in [0.25, 0.3) is 23.0 Å². The third kappa shape index (κ3) is 3.50. The van der Waals surface area contributed by atoms with Crippen molar-refractivity contribution in [3.05, 3.63) is 58.8 Å². The molecule has 2 aromatic heterocycles. The molecule has 0 saturated carbocycles. The van der Waals surface area contributed by atoms with Gasteiger partial charge in [-0.1, -0.05) is 34.1 Å². The lowest BCUT2D eigenvalue weighted by Gasteiger charge is -2.25. The third-order valence-electron chi connectivity index (χ3n) is 5.64. The molecule has 0 bridgehead atoms. The standard InChI is InChI=1S/C23H23N5O4/c1-13-5-7-16(14(2)9-13)20-11-28-17(12-31-20)21(25-27-28)23-24-22(26-32-23)15-6-8-18(29-3)19(10-15)30-4/h5-10,20H,11-12H2,1-4H3/t20-/m0/s1. The largest absolute Gasteiger partial charge is 0.493 e. The van der Waals surface area contributed by atoms with Crippen LogP contribution in [-0.4, -0.2) is 39.4 Å². The first-order chi connectivity index (χ1) is 15.6. The summed E-state index contributed by atoms with van der Waals surface area (Å²) in [5.41, 5.74) is 5.68. The lowest BCUT2D eigenvalue weighted by atomic mass is 10.0. The van der Waals surface area contributed by atoms with Gasteiger partial charge in [-0.15, -0.1) is 5.10 Å². The zero-order chi connectivity index (χ0) is 22.2. The number of aromatic nitrogens is 5. The average molecular weight is 433 g/mol. The van der Waals surface area contributed by atoms with Gasteiger partial charge in [-0.2, -0.15) is 4.98 Å². The fraction of sp³-hybridized carbons (Fsp3) is 0.304. The average Bonchev–Trinajstić information content (AvgIpc) is 3.45. The van der Waals surface area contributed by atoms with E-state index in [1.165, 1.54) is 11.1 Å². The minimum Gasteiger partial charge on any atom is -0.493 e. The molecule has 0 fully saturated rings. The molecule has 0 spiro atoms. The lowest BCUT2D eigenvalue weighted by molar-refractivity contribution is -0.00153. The fourth-order valence-corrected chi connectivity index (χ4v) is 3.96. The number of methoxy groups -OCH3 is 2. The molecule has 1 atom stereocenters. The van der Waals surface area contributed by atoms with E-state index in [1.807, 2.05) is 10.7 Å². The van der Waals surface area contributed by atoms with E-state index in [9.17, 15) is 0 Å². The zero-order valence-electron chi connectivity index (χ0n) is 18.3. The van der Waals surface area contributed by atoms with Crippen molar-refractivity contribution in [2.75, 3.05) is 14.2 Å². The Balaban J connectivity index is 1.41. The van der Waals surface area contributed by atoms with Gasteiger partial charge in [0.05, 0.1) is 33.1 Å². The predicted molar refractivity (Wildman–Crippen MR) is 115 cm³/mol. The molecule has 9 nitrogen and oxygen atoms in total. The third-order valence-corrected chi connectivity index (χ3v) is 5.64. The summed E-state index contributed by atoms with van der Waals surface area (Å²) in [5, 5.41) is 12.7. The second-order valence-electron chi connectivity index (χ2n) is 7.72. The van der Waals surface area contributed by atoms with Gasteiger partial charge >= 0.3 is 0 Å². The topological polar surface area (TPSA) is 97.3 Å². The molecule has 32 heavy (non-hydrogen) atoms. The maximum Gasteiger partial charge on any atom is 0.280 e. The number of hydrogen-bond acceptors (Lipinski definition) is 8. The first kappa shape index (κ1) is 20.2. The molecule has 164 valence electrons. The van der Waals surface area contributed by atoms with Gasteiger partial charge in [-0.25, -0.2) is 4.68 Å². The summed E-state index contributed by atoms with van der Waals surface area (Å²) in [5.74, 6) is 1.93. The molecule has 9 heteroatoms. The summed E-state index contributed by atoms with van der Waals surface area (Å²) in [6.07, 6.45) is -0.0809. The molecular formula is C23H23N5O4. The number of benzene rings is 2. The Morgan fingerprint density at radius 2 is 1.88 bits per heavy atom. The lowest BCUT2D eigenvalue weighted by Crippen LogP contribution is -2.22. The first-order valence-corrected chi connectivity index (χ1v) is 10.2. The van der Waals surface area contributed by atoms with E-state index < -0.39 is 0 Å². The summed E-state index contributed by atoms with van der Waals surface area (Å²) < 4.78 is 24.1. The Morgan fingerprint density at radius 1 is 1.03 bits per heavy atom. The molecule has 2 aromatic carbocycles. The maximum atomic E-state index is 6.16. The number of nitrogens with zero attached hydrogens (tertiary/aromatic N) is 5. The van der Waals surface area contributed by atoms with Crippen LogP contribution in [0.4, 0.5) is 0 Å². The van der Waals surface area contributed by atoms with Crippen LogP contribution < -0.4 is 9.47 Å². The van der Waals surface area contributed by atoms with Crippen molar-refractivity contribution >= 4 is 0 Å². The van der Waals surface area contributed by atoms with Crippen molar-refractivity contribution in [3.8, 4) is 34.5 Å². The zero-order valence-corrected chi connectivity index (χ0v) is 18.3. The first-order valence-electron chi connectivity index (χ1n) is 10.2. The highest BCUT2D eigenvalue weighted by molar-refractivity contribution is 5.63. The van der Waals surface area contributed by atoms with E-state index in [4.69, 9.17) is 18.7 Å². The maximum absolute atomic E-state index is 6.16. The molecule has 0 unspecified atom stereocenters. The van der Waals surface area contributed by atoms with Gasteiger partial charge in [-0.05, 0) is 43.2 Å². The monoisotopic (exact) mass is 433 g/mol. The molecule has 1 aliphatic rings. The Kier molecular flexibility index (Phi) is 5.10. The van der Waals surface area contributed by atoms with Crippen molar-refractivity contribution in [3.63, 3.8) is 0 Å². The summed E-state index contributed by atoms with van der Waals surface area (Å²) in [7, 11) is 3.17. The summed E-state index contributed by atoms with van der Waals surface area (Å²) in [6.45, 7) is 5.11. The van der Waals surface area contributed by atoms with Gasteiger partial charge in [0.25, 0.3) is 5.89 Å². The van der Waals surface area contributed by atoms with E-state index >= 15 is 0 Å². The molecule has 0 aliphatic carbocycles. The molecule has 3 heterocycles. The van der Waals surface area contributed by atoms with E-state index in [2.05, 4.69) is 52.5 Å². The van der Waals surface area contributed by atoms with Gasteiger partial charge in [0.2, 0.25) is 5.82 Å². The number of hydrogen-bond donors (Lipinski definition) is 0. The molecular weight excluding hydrogens is 410 g/mol. The van der Waals surface area contributed by atoms with Crippen LogP contribution in [0.1, 0.15) is 28.5 Å². The molecule has 0 radical (unpaired) electrons. The van der Waals surface area contributed by atoms with E-state index in [0.29, 0.717) is 42.1 Å². The van der Waals surface area contributed by atoms with Crippen LogP contribution in [0.3, 0.4) is 0 Å². The molecule has 0 N–H and O–H groups in total.